The molecule has 0 fully saturated rings. The van der Waals surface area contributed by atoms with Crippen LogP contribution in [0, 0.1) is 6.57 Å². The topological polar surface area (TPSA) is 37.5 Å². The Bertz CT molecular complexity index is 553. The Kier molecular flexibility index (Phi) is 3.71. The van der Waals surface area contributed by atoms with Crippen LogP contribution in [0.5, 0.6) is 0 Å². The molecule has 0 radical (unpaired) electrons. The number of rotatable bonds is 3. The summed E-state index contributed by atoms with van der Waals surface area (Å²) in [5.41, 5.74) is 3.33. The molecule has 0 saturated heterocycles. The van der Waals surface area contributed by atoms with Crippen molar-refractivity contribution < 1.29 is 5.11 Å². The fourth-order valence-electron chi connectivity index (χ4n) is 1.71. The molecule has 1 aromatic carbocycles. The lowest BCUT2D eigenvalue weighted by atomic mass is 10.1. The number of aliphatic hydroxyl groups is 1. The van der Waals surface area contributed by atoms with Gasteiger partial charge < -0.3 is 5.11 Å². The minimum absolute atomic E-state index is 0.497. The van der Waals surface area contributed by atoms with Crippen molar-refractivity contribution in [3.05, 3.63) is 59.7 Å². The van der Waals surface area contributed by atoms with Gasteiger partial charge in [0.25, 0.3) is 0 Å². The van der Waals surface area contributed by atoms with E-state index < -0.39 is 6.10 Å². The van der Waals surface area contributed by atoms with Gasteiger partial charge in [0.2, 0.25) is 0 Å². The molecule has 0 bridgehead atoms. The van der Waals surface area contributed by atoms with E-state index in [0.717, 1.165) is 11.1 Å². The van der Waals surface area contributed by atoms with Gasteiger partial charge in [0.15, 0.2) is 5.69 Å². The summed E-state index contributed by atoms with van der Waals surface area (Å²) >= 11 is 0. The summed E-state index contributed by atoms with van der Waals surface area (Å²) in [5.74, 6) is 0. The molecule has 1 aromatic heterocycles. The third-order valence-electron chi connectivity index (χ3n) is 2.84. The van der Waals surface area contributed by atoms with Crippen LogP contribution in [0.2, 0.25) is 0 Å². The highest BCUT2D eigenvalue weighted by Crippen LogP contribution is 2.23. The lowest BCUT2D eigenvalue weighted by Gasteiger charge is -2.08. The number of hydrogen-bond acceptors (Lipinski definition) is 2. The predicted octanol–water partition coefficient (Wildman–Crippen LogP) is 3.74. The van der Waals surface area contributed by atoms with Gasteiger partial charge in [-0.3, -0.25) is 4.98 Å². The van der Waals surface area contributed by atoms with Crippen LogP contribution in [0.3, 0.4) is 0 Å². The fraction of sp³-hybridized carbons (Fsp3) is 0.200. The molecule has 2 rings (SSSR count). The van der Waals surface area contributed by atoms with Crippen LogP contribution in [0.15, 0.2) is 42.6 Å². The first-order chi connectivity index (χ1) is 8.74. The third-order valence-corrected chi connectivity index (χ3v) is 2.84. The van der Waals surface area contributed by atoms with Crippen molar-refractivity contribution in [2.24, 2.45) is 0 Å². The standard InChI is InChI=1S/C15H14N2O/c1-3-15(18)14-9-6-12(10-17-14)11-4-7-13(16-2)8-5-11/h4-10,15,18H,3H2,1H3. The molecule has 3 heteroatoms. The van der Waals surface area contributed by atoms with E-state index in [-0.39, 0.29) is 0 Å². The molecule has 90 valence electrons. The first kappa shape index (κ1) is 12.3. The largest absolute Gasteiger partial charge is 0.387 e. The zero-order chi connectivity index (χ0) is 13.0. The first-order valence-electron chi connectivity index (χ1n) is 5.86. The van der Waals surface area contributed by atoms with E-state index in [1.807, 2.05) is 31.2 Å². The zero-order valence-corrected chi connectivity index (χ0v) is 10.2. The second kappa shape index (κ2) is 5.44. The fourth-order valence-corrected chi connectivity index (χ4v) is 1.71. The van der Waals surface area contributed by atoms with Gasteiger partial charge in [0, 0.05) is 6.20 Å². The number of aliphatic hydroxyl groups excluding tert-OH is 1. The molecule has 1 heterocycles. The van der Waals surface area contributed by atoms with Crippen LogP contribution in [-0.4, -0.2) is 10.1 Å². The monoisotopic (exact) mass is 238 g/mol. The summed E-state index contributed by atoms with van der Waals surface area (Å²) < 4.78 is 0. The van der Waals surface area contributed by atoms with Crippen molar-refractivity contribution in [1.29, 1.82) is 0 Å². The Morgan fingerprint density at radius 2 is 1.83 bits per heavy atom. The molecule has 3 nitrogen and oxygen atoms in total. The Hall–Kier alpha value is -2.18. The van der Waals surface area contributed by atoms with Crippen molar-refractivity contribution >= 4 is 5.69 Å². The number of nitrogens with zero attached hydrogens (tertiary/aromatic N) is 2. The molecule has 2 aromatic rings. The second-order valence-corrected chi connectivity index (χ2v) is 4.05. The van der Waals surface area contributed by atoms with Crippen LogP contribution in [0.1, 0.15) is 25.1 Å². The minimum Gasteiger partial charge on any atom is -0.387 e. The molecule has 18 heavy (non-hydrogen) atoms. The van der Waals surface area contributed by atoms with Gasteiger partial charge in [-0.2, -0.15) is 0 Å². The van der Waals surface area contributed by atoms with E-state index in [4.69, 9.17) is 6.57 Å². The van der Waals surface area contributed by atoms with Crippen LogP contribution in [0.25, 0.3) is 16.0 Å². The van der Waals surface area contributed by atoms with Crippen molar-refractivity contribution in [2.45, 2.75) is 19.4 Å². The highest BCUT2D eigenvalue weighted by atomic mass is 16.3. The first-order valence-corrected chi connectivity index (χ1v) is 5.86. The summed E-state index contributed by atoms with van der Waals surface area (Å²) in [7, 11) is 0. The second-order valence-electron chi connectivity index (χ2n) is 4.05. The van der Waals surface area contributed by atoms with Crippen LogP contribution >= 0.6 is 0 Å². The molecular formula is C15H14N2O. The Morgan fingerprint density at radius 1 is 1.17 bits per heavy atom. The third kappa shape index (κ3) is 2.55. The van der Waals surface area contributed by atoms with Gasteiger partial charge in [-0.05, 0) is 23.6 Å². The average molecular weight is 238 g/mol. The number of pyridine rings is 1. The molecule has 0 aliphatic rings. The van der Waals surface area contributed by atoms with Crippen molar-refractivity contribution in [2.75, 3.05) is 0 Å². The zero-order valence-electron chi connectivity index (χ0n) is 10.2. The molecule has 1 unspecified atom stereocenters. The van der Waals surface area contributed by atoms with E-state index in [2.05, 4.69) is 9.83 Å². The molecule has 1 atom stereocenters. The molecular weight excluding hydrogens is 224 g/mol. The van der Waals surface area contributed by atoms with Crippen molar-refractivity contribution in [3.63, 3.8) is 0 Å². The normalized spacial score (nSPS) is 11.8. The van der Waals surface area contributed by atoms with Crippen molar-refractivity contribution in [3.8, 4) is 11.1 Å². The van der Waals surface area contributed by atoms with E-state index >= 15 is 0 Å². The quantitative estimate of drug-likeness (QED) is 0.827. The number of aromatic nitrogens is 1. The van der Waals surface area contributed by atoms with Crippen LogP contribution in [0.4, 0.5) is 5.69 Å². The smallest absolute Gasteiger partial charge is 0.187 e. The molecule has 0 saturated carbocycles. The average Bonchev–Trinajstić information content (AvgIpc) is 2.47. The number of hydrogen-bond donors (Lipinski definition) is 1. The van der Waals surface area contributed by atoms with Crippen LogP contribution in [-0.2, 0) is 0 Å². The Balaban J connectivity index is 2.26. The molecule has 0 aliphatic heterocycles. The maximum atomic E-state index is 9.66. The van der Waals surface area contributed by atoms with Gasteiger partial charge in [0.05, 0.1) is 18.4 Å². The van der Waals surface area contributed by atoms with Crippen LogP contribution < -0.4 is 0 Å². The van der Waals surface area contributed by atoms with Gasteiger partial charge in [0.1, 0.15) is 0 Å². The Labute approximate surface area is 107 Å². The van der Waals surface area contributed by atoms with E-state index in [1.165, 1.54) is 0 Å². The van der Waals surface area contributed by atoms with Gasteiger partial charge in [-0.25, -0.2) is 4.85 Å². The molecule has 1 N–H and O–H groups in total. The van der Waals surface area contributed by atoms with Crippen molar-refractivity contribution in [1.82, 2.24) is 4.98 Å². The SMILES string of the molecule is [C-]#[N+]c1ccc(-c2ccc(C(O)CC)nc2)cc1. The predicted molar refractivity (Wildman–Crippen MR) is 71.2 cm³/mol. The maximum absolute atomic E-state index is 9.66. The minimum atomic E-state index is -0.497. The van der Waals surface area contributed by atoms with E-state index in [1.54, 1.807) is 18.3 Å². The van der Waals surface area contributed by atoms with E-state index in [9.17, 15) is 5.11 Å². The highest BCUT2D eigenvalue weighted by molar-refractivity contribution is 5.65. The molecule has 0 aliphatic carbocycles. The van der Waals surface area contributed by atoms with Gasteiger partial charge in [-0.1, -0.05) is 37.3 Å². The van der Waals surface area contributed by atoms with E-state index in [0.29, 0.717) is 17.8 Å². The summed E-state index contributed by atoms with van der Waals surface area (Å²) in [6, 6.07) is 11.2. The molecule has 0 spiro atoms. The number of benzene rings is 1. The lowest BCUT2D eigenvalue weighted by molar-refractivity contribution is 0.169. The summed E-state index contributed by atoms with van der Waals surface area (Å²) in [4.78, 5) is 7.61. The van der Waals surface area contributed by atoms with Gasteiger partial charge >= 0.3 is 0 Å². The maximum Gasteiger partial charge on any atom is 0.187 e. The summed E-state index contributed by atoms with van der Waals surface area (Å²) in [6.45, 7) is 8.82. The van der Waals surface area contributed by atoms with Gasteiger partial charge in [-0.15, -0.1) is 0 Å². The Morgan fingerprint density at radius 3 is 2.33 bits per heavy atom. The lowest BCUT2D eigenvalue weighted by Crippen LogP contribution is -1.98. The molecule has 0 amide bonds. The summed E-state index contributed by atoms with van der Waals surface area (Å²) in [6.07, 6.45) is 1.91. The summed E-state index contributed by atoms with van der Waals surface area (Å²) in [5, 5.41) is 9.66. The highest BCUT2D eigenvalue weighted by Gasteiger charge is 2.06.